The third kappa shape index (κ3) is 6.92. The van der Waals surface area contributed by atoms with E-state index in [1.165, 1.54) is 9.47 Å². The van der Waals surface area contributed by atoms with Gasteiger partial charge in [0.05, 0.1) is 26.3 Å². The number of aromatic nitrogens is 2. The first-order chi connectivity index (χ1) is 16.8. The minimum absolute atomic E-state index is 0.0172. The summed E-state index contributed by atoms with van der Waals surface area (Å²) in [6.45, 7) is 10.2. The monoisotopic (exact) mass is 493 g/mol. The number of nitrogen functional groups attached to an aromatic ring is 1. The number of aromatic amines is 1. The molecule has 3 N–H and O–H groups in total. The van der Waals surface area contributed by atoms with Crippen molar-refractivity contribution < 1.29 is 14.3 Å². The van der Waals surface area contributed by atoms with Crippen LogP contribution in [0.15, 0.2) is 9.59 Å². The van der Waals surface area contributed by atoms with Gasteiger partial charge in [-0.15, -0.1) is 0 Å². The Bertz CT molecular complexity index is 977. The van der Waals surface area contributed by atoms with E-state index >= 15 is 0 Å². The number of nitrogens with zero attached hydrogens (tertiary/aromatic N) is 5. The van der Waals surface area contributed by atoms with Crippen molar-refractivity contribution in [3.05, 3.63) is 20.8 Å². The summed E-state index contributed by atoms with van der Waals surface area (Å²) < 4.78 is 6.64. The van der Waals surface area contributed by atoms with Crippen LogP contribution in [0.1, 0.15) is 33.1 Å². The van der Waals surface area contributed by atoms with Crippen LogP contribution in [0.25, 0.3) is 0 Å². The molecule has 3 heterocycles. The maximum Gasteiger partial charge on any atom is 0.330 e. The van der Waals surface area contributed by atoms with Crippen molar-refractivity contribution in [1.29, 1.82) is 0 Å². The van der Waals surface area contributed by atoms with Gasteiger partial charge in [0, 0.05) is 52.4 Å². The lowest BCUT2D eigenvalue weighted by Gasteiger charge is -2.36. The fraction of sp³-hybridized carbons (Fsp3) is 0.739. The highest BCUT2D eigenvalue weighted by atomic mass is 16.5. The van der Waals surface area contributed by atoms with Gasteiger partial charge >= 0.3 is 5.69 Å². The molecule has 0 radical (unpaired) electrons. The maximum absolute atomic E-state index is 13.3. The quantitative estimate of drug-likeness (QED) is 0.430. The minimum atomic E-state index is -0.650. The molecule has 0 bridgehead atoms. The van der Waals surface area contributed by atoms with Crippen molar-refractivity contribution in [3.8, 4) is 0 Å². The molecule has 0 unspecified atom stereocenters. The second kappa shape index (κ2) is 12.8. The van der Waals surface area contributed by atoms with E-state index in [1.54, 1.807) is 0 Å². The molecule has 0 saturated carbocycles. The van der Waals surface area contributed by atoms with Gasteiger partial charge in [0.1, 0.15) is 5.82 Å². The molecule has 12 heteroatoms. The lowest BCUT2D eigenvalue weighted by atomic mass is 10.2. The molecule has 2 saturated heterocycles. The topological polar surface area (TPSA) is 137 Å². The predicted molar refractivity (Wildman–Crippen MR) is 134 cm³/mol. The van der Waals surface area contributed by atoms with Crippen molar-refractivity contribution in [2.75, 3.05) is 82.8 Å². The number of morpholine rings is 1. The summed E-state index contributed by atoms with van der Waals surface area (Å²) in [5.74, 6) is -0.131. The molecular weight excluding hydrogens is 454 g/mol. The zero-order valence-electron chi connectivity index (χ0n) is 21.0. The first-order valence-electron chi connectivity index (χ1n) is 12.6. The van der Waals surface area contributed by atoms with Gasteiger partial charge in [-0.05, 0) is 12.8 Å². The first kappa shape index (κ1) is 26.9. The highest BCUT2D eigenvalue weighted by Crippen LogP contribution is 2.18. The second-order valence-electron chi connectivity index (χ2n) is 9.09. The Kier molecular flexibility index (Phi) is 9.87. The lowest BCUT2D eigenvalue weighted by molar-refractivity contribution is -0.135. The van der Waals surface area contributed by atoms with Crippen LogP contribution in [0.5, 0.6) is 0 Å². The molecule has 2 fully saturated rings. The summed E-state index contributed by atoms with van der Waals surface area (Å²) in [6.07, 6.45) is 2.19. The van der Waals surface area contributed by atoms with Gasteiger partial charge in [0.15, 0.2) is 5.69 Å². The number of carbonyl (C=O) groups is 2. The molecule has 3 rings (SSSR count). The van der Waals surface area contributed by atoms with E-state index in [0.717, 1.165) is 19.5 Å². The van der Waals surface area contributed by atoms with Crippen LogP contribution in [-0.2, 0) is 20.9 Å². The van der Waals surface area contributed by atoms with Gasteiger partial charge in [-0.25, -0.2) is 4.79 Å². The Morgan fingerprint density at radius 2 is 1.63 bits per heavy atom. The Labute approximate surface area is 205 Å². The maximum atomic E-state index is 13.3. The fourth-order valence-corrected chi connectivity index (χ4v) is 4.44. The lowest BCUT2D eigenvalue weighted by Crippen LogP contribution is -2.54. The number of anilines is 2. The number of rotatable bonds is 10. The van der Waals surface area contributed by atoms with Crippen LogP contribution >= 0.6 is 0 Å². The number of amides is 2. The molecule has 2 aliphatic rings. The highest BCUT2D eigenvalue weighted by molar-refractivity contribution is 5.96. The molecule has 35 heavy (non-hydrogen) atoms. The van der Waals surface area contributed by atoms with E-state index in [9.17, 15) is 19.2 Å². The second-order valence-corrected chi connectivity index (χ2v) is 9.09. The van der Waals surface area contributed by atoms with Crippen LogP contribution < -0.4 is 21.9 Å². The van der Waals surface area contributed by atoms with Crippen LogP contribution in [0.3, 0.4) is 0 Å². The molecule has 12 nitrogen and oxygen atoms in total. The van der Waals surface area contributed by atoms with Crippen LogP contribution in [-0.4, -0.2) is 108 Å². The standard InChI is InChI=1S/C23H39N7O5/c1-3-5-7-29(20-21(24)30(6-4-2)23(34)25-22(20)33)19(32)17-26-8-10-28(11-9-26)18(31)16-27-12-14-35-15-13-27/h3-17,24H2,1-2H3,(H,25,33,34). The smallest absolute Gasteiger partial charge is 0.330 e. The number of carbonyl (C=O) groups excluding carboxylic acids is 2. The van der Waals surface area contributed by atoms with Crippen molar-refractivity contribution in [3.63, 3.8) is 0 Å². The Morgan fingerprint density at radius 3 is 2.26 bits per heavy atom. The number of hydrogen-bond acceptors (Lipinski definition) is 8. The highest BCUT2D eigenvalue weighted by Gasteiger charge is 2.28. The van der Waals surface area contributed by atoms with E-state index < -0.39 is 11.2 Å². The van der Waals surface area contributed by atoms with Crippen molar-refractivity contribution in [1.82, 2.24) is 24.3 Å². The molecule has 1 aromatic heterocycles. The van der Waals surface area contributed by atoms with Crippen molar-refractivity contribution in [2.45, 2.75) is 39.7 Å². The van der Waals surface area contributed by atoms with Gasteiger partial charge in [0.2, 0.25) is 11.8 Å². The van der Waals surface area contributed by atoms with E-state index in [1.807, 2.05) is 23.6 Å². The largest absolute Gasteiger partial charge is 0.383 e. The van der Waals surface area contributed by atoms with Gasteiger partial charge < -0.3 is 20.3 Å². The van der Waals surface area contributed by atoms with Crippen molar-refractivity contribution in [2.24, 2.45) is 0 Å². The van der Waals surface area contributed by atoms with E-state index in [4.69, 9.17) is 10.5 Å². The molecule has 196 valence electrons. The Balaban J connectivity index is 1.65. The normalized spacial score (nSPS) is 17.5. The number of hydrogen-bond donors (Lipinski definition) is 2. The molecule has 2 aliphatic heterocycles. The molecule has 0 aliphatic carbocycles. The average Bonchev–Trinajstić information content (AvgIpc) is 2.84. The zero-order valence-corrected chi connectivity index (χ0v) is 21.0. The van der Waals surface area contributed by atoms with Crippen LogP contribution in [0.2, 0.25) is 0 Å². The Morgan fingerprint density at radius 1 is 0.971 bits per heavy atom. The van der Waals surface area contributed by atoms with Crippen molar-refractivity contribution >= 4 is 23.3 Å². The summed E-state index contributed by atoms with van der Waals surface area (Å²) in [5, 5.41) is 0. The first-order valence-corrected chi connectivity index (χ1v) is 12.6. The SMILES string of the molecule is CCCCN(C(=O)CN1CCN(C(=O)CN2CCOCC2)CC1)c1c(N)n(CCC)c(=O)[nH]c1=O. The summed E-state index contributed by atoms with van der Waals surface area (Å²) in [6, 6.07) is 0. The third-order valence-electron chi connectivity index (χ3n) is 6.51. The predicted octanol–water partition coefficient (Wildman–Crippen LogP) is -0.862. The van der Waals surface area contributed by atoms with Crippen LogP contribution in [0, 0.1) is 0 Å². The third-order valence-corrected chi connectivity index (χ3v) is 6.51. The molecule has 0 spiro atoms. The van der Waals surface area contributed by atoms with E-state index in [2.05, 4.69) is 9.88 Å². The number of piperazine rings is 1. The molecule has 1 aromatic rings. The van der Waals surface area contributed by atoms with Gasteiger partial charge in [-0.2, -0.15) is 0 Å². The average molecular weight is 494 g/mol. The number of nitrogens with one attached hydrogen (secondary N) is 1. The molecular formula is C23H39N7O5. The Hall–Kier alpha value is -2.70. The van der Waals surface area contributed by atoms with E-state index in [-0.39, 0.29) is 29.9 Å². The minimum Gasteiger partial charge on any atom is -0.383 e. The van der Waals surface area contributed by atoms with Gasteiger partial charge in [0.25, 0.3) is 5.56 Å². The summed E-state index contributed by atoms with van der Waals surface area (Å²) >= 11 is 0. The number of H-pyrrole nitrogens is 1. The van der Waals surface area contributed by atoms with E-state index in [0.29, 0.717) is 71.9 Å². The fourth-order valence-electron chi connectivity index (χ4n) is 4.44. The summed E-state index contributed by atoms with van der Waals surface area (Å²) in [7, 11) is 0. The molecule has 2 amide bonds. The van der Waals surface area contributed by atoms with Gasteiger partial charge in [-0.3, -0.25) is 33.7 Å². The molecule has 0 aromatic carbocycles. The summed E-state index contributed by atoms with van der Waals surface area (Å²) in [5.41, 5.74) is 5.04. The van der Waals surface area contributed by atoms with Gasteiger partial charge in [-0.1, -0.05) is 20.3 Å². The summed E-state index contributed by atoms with van der Waals surface area (Å²) in [4.78, 5) is 60.6. The van der Waals surface area contributed by atoms with Crippen LogP contribution in [0.4, 0.5) is 11.5 Å². The zero-order chi connectivity index (χ0) is 25.4. The number of unbranched alkanes of at least 4 members (excludes halogenated alkanes) is 1. The number of nitrogens with two attached hydrogens (primary N) is 1. The molecule has 0 atom stereocenters. The number of ether oxygens (including phenoxy) is 1.